The Hall–Kier alpha value is -4.99. The predicted octanol–water partition coefficient (Wildman–Crippen LogP) is -2.14. The van der Waals surface area contributed by atoms with Gasteiger partial charge in [-0.05, 0) is 12.8 Å². The number of hydrogen-bond acceptors (Lipinski definition) is 9. The molecule has 1 unspecified atom stereocenters. The van der Waals surface area contributed by atoms with Crippen LogP contribution in [0.2, 0.25) is 0 Å². The van der Waals surface area contributed by atoms with E-state index in [0.29, 0.717) is 24.2 Å². The number of aliphatic carboxylic acids is 1. The molecule has 4 rings (SSSR count). The van der Waals surface area contributed by atoms with Crippen LogP contribution in [0, 0.1) is 0 Å². The first-order valence-electron chi connectivity index (χ1n) is 12.9. The number of carbonyl (C=O) groups excluding carboxylic acids is 3. The number of carboxylic acids is 1. The Morgan fingerprint density at radius 1 is 1.07 bits per heavy atom. The lowest BCUT2D eigenvalue weighted by molar-refractivity contribution is -0.143. The van der Waals surface area contributed by atoms with E-state index in [-0.39, 0.29) is 25.9 Å². The first-order chi connectivity index (χ1) is 19.6. The number of nitrogens with zero attached hydrogens (tertiary/aromatic N) is 4. The monoisotopic (exact) mass is 569 g/mol. The van der Waals surface area contributed by atoms with E-state index in [1.807, 2.05) is 0 Å². The fourth-order valence-electron chi connectivity index (χ4n) is 4.63. The van der Waals surface area contributed by atoms with Gasteiger partial charge in [0.25, 0.3) is 0 Å². The largest absolute Gasteiger partial charge is 0.503 e. The summed E-state index contributed by atoms with van der Waals surface area (Å²) in [4.78, 5) is 77.9. The maximum atomic E-state index is 13.4. The number of nitrogens with one attached hydrogen (secondary N) is 4. The molecule has 3 aromatic heterocycles. The summed E-state index contributed by atoms with van der Waals surface area (Å²) in [7, 11) is 0. The van der Waals surface area contributed by atoms with Crippen LogP contribution in [0.4, 0.5) is 0 Å². The highest BCUT2D eigenvalue weighted by molar-refractivity contribution is 5.94. The second-order valence-corrected chi connectivity index (χ2v) is 9.71. The van der Waals surface area contributed by atoms with Gasteiger partial charge in [0.15, 0.2) is 5.75 Å². The second-order valence-electron chi connectivity index (χ2n) is 9.71. The van der Waals surface area contributed by atoms with Crippen molar-refractivity contribution in [3.05, 3.63) is 65.1 Å². The van der Waals surface area contributed by atoms with E-state index in [9.17, 15) is 34.2 Å². The molecule has 1 aliphatic rings. The molecule has 4 heterocycles. The maximum absolute atomic E-state index is 13.4. The van der Waals surface area contributed by atoms with Gasteiger partial charge in [-0.3, -0.25) is 19.2 Å². The number of hydrogen-bond donors (Lipinski definition) is 7. The Bertz CT molecular complexity index is 1420. The number of rotatable bonds is 12. The molecule has 4 atom stereocenters. The van der Waals surface area contributed by atoms with Crippen molar-refractivity contribution in [1.29, 1.82) is 0 Å². The quantitative estimate of drug-likeness (QED) is 0.125. The SMILES string of the molecule is NC(Cn1ccc(=O)c(O)c1)C(=O)N1CCC[C@H]1C(=O)N[C@@H](Cc1cnc[nH]1)C(=O)N[C@@H](Cc1cnc[nH]1)C(=O)O. The maximum Gasteiger partial charge on any atom is 0.326 e. The molecule has 218 valence electrons. The van der Waals surface area contributed by atoms with Crippen molar-refractivity contribution < 1.29 is 29.4 Å². The summed E-state index contributed by atoms with van der Waals surface area (Å²) in [6.45, 7) is 0.220. The third-order valence-electron chi connectivity index (χ3n) is 6.73. The molecular formula is C25H31N9O7. The van der Waals surface area contributed by atoms with E-state index in [1.54, 1.807) is 0 Å². The first-order valence-corrected chi connectivity index (χ1v) is 12.9. The summed E-state index contributed by atoms with van der Waals surface area (Å²) in [5.41, 5.74) is 6.57. The number of imidazole rings is 2. The third-order valence-corrected chi connectivity index (χ3v) is 6.73. The molecule has 3 amide bonds. The van der Waals surface area contributed by atoms with Crippen LogP contribution in [0.1, 0.15) is 24.2 Å². The minimum Gasteiger partial charge on any atom is -0.503 e. The van der Waals surface area contributed by atoms with Gasteiger partial charge in [0, 0.05) is 68.2 Å². The van der Waals surface area contributed by atoms with Gasteiger partial charge in [0.2, 0.25) is 23.2 Å². The van der Waals surface area contributed by atoms with Crippen molar-refractivity contribution in [1.82, 2.24) is 40.0 Å². The molecular weight excluding hydrogens is 538 g/mol. The normalized spacial score (nSPS) is 17.0. The highest BCUT2D eigenvalue weighted by Crippen LogP contribution is 2.19. The lowest BCUT2D eigenvalue weighted by Crippen LogP contribution is -2.57. The van der Waals surface area contributed by atoms with Gasteiger partial charge in [-0.15, -0.1) is 0 Å². The first kappa shape index (κ1) is 29.0. The van der Waals surface area contributed by atoms with Gasteiger partial charge < -0.3 is 46.0 Å². The highest BCUT2D eigenvalue weighted by Gasteiger charge is 2.38. The summed E-state index contributed by atoms with van der Waals surface area (Å²) < 4.78 is 1.40. The molecule has 16 nitrogen and oxygen atoms in total. The summed E-state index contributed by atoms with van der Waals surface area (Å²) in [6, 6.07) is -3.31. The lowest BCUT2D eigenvalue weighted by atomic mass is 10.1. The molecule has 16 heteroatoms. The van der Waals surface area contributed by atoms with E-state index in [4.69, 9.17) is 5.73 Å². The molecule has 8 N–H and O–H groups in total. The van der Waals surface area contributed by atoms with E-state index < -0.39 is 59.0 Å². The minimum atomic E-state index is -1.29. The topological polar surface area (TPSA) is 241 Å². The van der Waals surface area contributed by atoms with Crippen LogP contribution in [0.15, 0.2) is 48.3 Å². The van der Waals surface area contributed by atoms with Gasteiger partial charge in [0.1, 0.15) is 24.2 Å². The van der Waals surface area contributed by atoms with Crippen LogP contribution in [0.5, 0.6) is 5.75 Å². The van der Waals surface area contributed by atoms with Crippen LogP contribution in [0.3, 0.4) is 0 Å². The smallest absolute Gasteiger partial charge is 0.326 e. The standard InChI is InChI=1S/C25H31N9O7/c26-16(10-33-5-3-20(35)21(36)11-33)24(39)34-4-1-2-19(34)23(38)31-17(6-14-8-27-12-29-14)22(37)32-18(25(40)41)7-15-9-28-13-30-15/h3,5,8-9,11-13,16-19,36H,1-2,4,6-7,10,26H2,(H,27,29)(H,28,30)(H,31,38)(H,32,37)(H,40,41)/t16?,17-,18-,19-/m0/s1. The van der Waals surface area contributed by atoms with Crippen molar-refractivity contribution in [2.24, 2.45) is 5.73 Å². The molecule has 41 heavy (non-hydrogen) atoms. The van der Waals surface area contributed by atoms with Gasteiger partial charge in [-0.2, -0.15) is 0 Å². The molecule has 0 aromatic carbocycles. The van der Waals surface area contributed by atoms with E-state index in [2.05, 4.69) is 30.6 Å². The van der Waals surface area contributed by atoms with Crippen LogP contribution in [0.25, 0.3) is 0 Å². The minimum absolute atomic E-state index is 0.00993. The number of amides is 3. The van der Waals surface area contributed by atoms with Crippen molar-refractivity contribution >= 4 is 23.7 Å². The number of pyridine rings is 1. The number of aromatic amines is 2. The molecule has 1 fully saturated rings. The zero-order valence-corrected chi connectivity index (χ0v) is 21.9. The molecule has 1 saturated heterocycles. The average Bonchev–Trinajstić information content (AvgIpc) is 3.72. The van der Waals surface area contributed by atoms with Crippen molar-refractivity contribution in [3.8, 4) is 5.75 Å². The van der Waals surface area contributed by atoms with E-state index in [0.717, 1.165) is 6.07 Å². The van der Waals surface area contributed by atoms with Crippen LogP contribution in [-0.2, 0) is 38.6 Å². The fourth-order valence-corrected chi connectivity index (χ4v) is 4.63. The molecule has 3 aromatic rings. The number of H-pyrrole nitrogens is 2. The van der Waals surface area contributed by atoms with Crippen LogP contribution < -0.4 is 21.8 Å². The summed E-state index contributed by atoms with van der Waals surface area (Å²) in [5, 5.41) is 24.4. The fraction of sp³-hybridized carbons (Fsp3) is 0.400. The highest BCUT2D eigenvalue weighted by atomic mass is 16.4. The van der Waals surface area contributed by atoms with Crippen LogP contribution >= 0.6 is 0 Å². The Morgan fingerprint density at radius 2 is 1.73 bits per heavy atom. The predicted molar refractivity (Wildman–Crippen MR) is 141 cm³/mol. The molecule has 0 spiro atoms. The zero-order chi connectivity index (χ0) is 29.5. The third kappa shape index (κ3) is 7.36. The summed E-state index contributed by atoms with van der Waals surface area (Å²) >= 11 is 0. The molecule has 0 aliphatic carbocycles. The van der Waals surface area contributed by atoms with Gasteiger partial charge in [-0.1, -0.05) is 0 Å². The average molecular weight is 570 g/mol. The Kier molecular flexibility index (Phi) is 9.13. The van der Waals surface area contributed by atoms with E-state index >= 15 is 0 Å². The van der Waals surface area contributed by atoms with Crippen LogP contribution in [-0.4, -0.2) is 94.0 Å². The summed E-state index contributed by atoms with van der Waals surface area (Å²) in [5.74, 6) is -3.59. The van der Waals surface area contributed by atoms with Crippen molar-refractivity contribution in [2.75, 3.05) is 6.54 Å². The molecule has 0 radical (unpaired) electrons. The molecule has 0 saturated carbocycles. The number of likely N-dealkylation sites (tertiary alicyclic amines) is 1. The van der Waals surface area contributed by atoms with Crippen molar-refractivity contribution in [3.63, 3.8) is 0 Å². The number of nitrogens with two attached hydrogens (primary N) is 1. The number of carbonyl (C=O) groups is 4. The Labute approximate surface area is 233 Å². The molecule has 1 aliphatic heterocycles. The Balaban J connectivity index is 1.45. The van der Waals surface area contributed by atoms with Gasteiger partial charge in [0.05, 0.1) is 12.7 Å². The lowest BCUT2D eigenvalue weighted by Gasteiger charge is -2.29. The molecule has 0 bridgehead atoms. The zero-order valence-electron chi connectivity index (χ0n) is 21.9. The number of aromatic hydroxyl groups is 1. The van der Waals surface area contributed by atoms with Crippen molar-refractivity contribution in [2.45, 2.75) is 56.4 Å². The summed E-state index contributed by atoms with van der Waals surface area (Å²) in [6.07, 6.45) is 9.07. The number of aromatic nitrogens is 5. The van der Waals surface area contributed by atoms with Gasteiger partial charge >= 0.3 is 5.97 Å². The Morgan fingerprint density at radius 3 is 2.32 bits per heavy atom. The van der Waals surface area contributed by atoms with E-state index in [1.165, 1.54) is 46.9 Å². The number of carboxylic acid groups (broad SMARTS) is 1. The van der Waals surface area contributed by atoms with Gasteiger partial charge in [-0.25, -0.2) is 14.8 Å². The second kappa shape index (κ2) is 12.9.